The minimum atomic E-state index is -0.801. The third-order valence-electron chi connectivity index (χ3n) is 5.62. The zero-order valence-corrected chi connectivity index (χ0v) is 13.6. The Morgan fingerprint density at radius 2 is 1.78 bits per heavy atom. The number of amides is 1. The molecule has 1 amide bonds. The van der Waals surface area contributed by atoms with Crippen molar-refractivity contribution >= 4 is 23.5 Å². The number of nitrogens with zero attached hydrogens (tertiary/aromatic N) is 3. The average Bonchev–Trinajstić information content (AvgIpc) is 2.95. The first-order valence-electron chi connectivity index (χ1n) is 8.57. The first-order valence-corrected chi connectivity index (χ1v) is 8.57. The Kier molecular flexibility index (Phi) is 3.60. The van der Waals surface area contributed by atoms with Gasteiger partial charge in [-0.1, -0.05) is 0 Å². The van der Waals surface area contributed by atoms with Crippen LogP contribution in [0.25, 0.3) is 0 Å². The van der Waals surface area contributed by atoms with Gasteiger partial charge in [-0.3, -0.25) is 9.79 Å². The fourth-order valence-electron chi connectivity index (χ4n) is 4.18. The summed E-state index contributed by atoms with van der Waals surface area (Å²) in [4.78, 5) is 20.5. The summed E-state index contributed by atoms with van der Waals surface area (Å²) in [5, 5.41) is 0. The third kappa shape index (κ3) is 2.63. The van der Waals surface area contributed by atoms with Gasteiger partial charge in [0.15, 0.2) is 6.17 Å². The molecule has 0 unspecified atom stereocenters. The monoisotopic (exact) mass is 312 g/mol. The summed E-state index contributed by atoms with van der Waals surface area (Å²) in [6, 6.07) is 6.34. The van der Waals surface area contributed by atoms with Crippen LogP contribution in [-0.4, -0.2) is 38.4 Å². The van der Waals surface area contributed by atoms with E-state index < -0.39 is 6.17 Å². The second kappa shape index (κ2) is 5.64. The Balaban J connectivity index is 1.67. The summed E-state index contributed by atoms with van der Waals surface area (Å²) in [6.07, 6.45) is 6.39. The molecule has 23 heavy (non-hydrogen) atoms. The summed E-state index contributed by atoms with van der Waals surface area (Å²) >= 11 is 0. The normalized spacial score (nSPS) is 30.2. The Bertz CT molecular complexity index is 634. The van der Waals surface area contributed by atoms with Crippen LogP contribution in [0.3, 0.4) is 0 Å². The molecule has 3 aliphatic heterocycles. The van der Waals surface area contributed by atoms with Crippen molar-refractivity contribution in [2.75, 3.05) is 29.9 Å². The topological polar surface area (TPSA) is 61.9 Å². The number of likely N-dealkylation sites (N-methyl/N-ethyl adjacent to an activating group) is 1. The molecular formula is C18H24N4O. The summed E-state index contributed by atoms with van der Waals surface area (Å²) in [6.45, 7) is 2.28. The first-order chi connectivity index (χ1) is 11.1. The van der Waals surface area contributed by atoms with E-state index in [1.54, 1.807) is 18.2 Å². The number of benzene rings is 1. The number of anilines is 2. The SMILES string of the molecule is CN1C(=O)[C@H](N)N=Cc2ccc(N3CC4CCC(CC4)C3)cc21. The maximum Gasteiger partial charge on any atom is 0.266 e. The molecule has 2 bridgehead atoms. The van der Waals surface area contributed by atoms with Crippen LogP contribution < -0.4 is 15.5 Å². The molecule has 0 spiro atoms. The van der Waals surface area contributed by atoms with Crippen LogP contribution in [-0.2, 0) is 4.79 Å². The van der Waals surface area contributed by atoms with Gasteiger partial charge in [-0.05, 0) is 55.7 Å². The number of fused-ring (bicyclic) bond motifs is 5. The van der Waals surface area contributed by atoms with Gasteiger partial charge in [0.2, 0.25) is 0 Å². The fourth-order valence-corrected chi connectivity index (χ4v) is 4.18. The van der Waals surface area contributed by atoms with Gasteiger partial charge in [0, 0.05) is 37.6 Å². The lowest BCUT2D eigenvalue weighted by molar-refractivity contribution is -0.119. The lowest BCUT2D eigenvalue weighted by Gasteiger charge is -2.27. The smallest absolute Gasteiger partial charge is 0.266 e. The van der Waals surface area contributed by atoms with Gasteiger partial charge in [-0.2, -0.15) is 0 Å². The molecular weight excluding hydrogens is 288 g/mol. The minimum Gasteiger partial charge on any atom is -0.371 e. The van der Waals surface area contributed by atoms with E-state index in [2.05, 4.69) is 28.1 Å². The number of hydrogen-bond acceptors (Lipinski definition) is 4. The molecule has 0 aromatic heterocycles. The van der Waals surface area contributed by atoms with Gasteiger partial charge in [0.25, 0.3) is 5.91 Å². The highest BCUT2D eigenvalue weighted by Gasteiger charge is 2.30. The number of carbonyl (C=O) groups is 1. The van der Waals surface area contributed by atoms with E-state index in [1.807, 2.05) is 0 Å². The predicted octanol–water partition coefficient (Wildman–Crippen LogP) is 1.99. The van der Waals surface area contributed by atoms with Crippen molar-refractivity contribution in [2.45, 2.75) is 31.8 Å². The quantitative estimate of drug-likeness (QED) is 0.862. The van der Waals surface area contributed by atoms with E-state index in [4.69, 9.17) is 5.73 Å². The molecule has 5 nitrogen and oxygen atoms in total. The Morgan fingerprint density at radius 3 is 2.43 bits per heavy atom. The van der Waals surface area contributed by atoms with Gasteiger partial charge < -0.3 is 15.5 Å². The van der Waals surface area contributed by atoms with E-state index in [1.165, 1.54) is 31.4 Å². The van der Waals surface area contributed by atoms with Crippen LogP contribution >= 0.6 is 0 Å². The molecule has 2 saturated heterocycles. The van der Waals surface area contributed by atoms with Crippen molar-refractivity contribution in [1.82, 2.24) is 0 Å². The highest BCUT2D eigenvalue weighted by atomic mass is 16.2. The Labute approximate surface area is 137 Å². The molecule has 5 rings (SSSR count). The van der Waals surface area contributed by atoms with E-state index in [-0.39, 0.29) is 5.91 Å². The molecule has 1 aromatic carbocycles. The van der Waals surface area contributed by atoms with Crippen LogP contribution in [0.1, 0.15) is 31.2 Å². The molecule has 3 fully saturated rings. The van der Waals surface area contributed by atoms with Crippen LogP contribution in [0.2, 0.25) is 0 Å². The van der Waals surface area contributed by atoms with Gasteiger partial charge >= 0.3 is 0 Å². The molecule has 3 heterocycles. The number of nitrogens with two attached hydrogens (primary N) is 1. The standard InChI is InChI=1S/C18H24N4O/c1-21-16-8-15(7-6-14(16)9-20-17(19)18(21)23)22-10-12-2-3-13(11-22)5-4-12/h6-9,12-13,17H,2-5,10-11,19H2,1H3/t12?,13?,17-/m1/s1. The lowest BCUT2D eigenvalue weighted by atomic mass is 9.84. The fraction of sp³-hybridized carbons (Fsp3) is 0.556. The second-order valence-corrected chi connectivity index (χ2v) is 7.16. The van der Waals surface area contributed by atoms with Crippen LogP contribution in [0.15, 0.2) is 23.2 Å². The largest absolute Gasteiger partial charge is 0.371 e. The number of carbonyl (C=O) groups excluding carboxylic acids is 1. The predicted molar refractivity (Wildman–Crippen MR) is 93.1 cm³/mol. The van der Waals surface area contributed by atoms with Crippen molar-refractivity contribution in [3.8, 4) is 0 Å². The number of benzodiazepines with no additional fused rings is 1. The highest BCUT2D eigenvalue weighted by Crippen LogP contribution is 2.37. The number of rotatable bonds is 1. The molecule has 2 N–H and O–H groups in total. The maximum absolute atomic E-state index is 12.2. The number of hydrogen-bond donors (Lipinski definition) is 1. The molecule has 4 aliphatic rings. The van der Waals surface area contributed by atoms with Crippen molar-refractivity contribution in [3.63, 3.8) is 0 Å². The van der Waals surface area contributed by atoms with Crippen molar-refractivity contribution < 1.29 is 4.79 Å². The molecule has 5 heteroatoms. The van der Waals surface area contributed by atoms with Crippen molar-refractivity contribution in [2.24, 2.45) is 22.6 Å². The van der Waals surface area contributed by atoms with Gasteiger partial charge in [0.1, 0.15) is 0 Å². The van der Waals surface area contributed by atoms with E-state index >= 15 is 0 Å². The second-order valence-electron chi connectivity index (χ2n) is 7.16. The Hall–Kier alpha value is -1.88. The molecule has 1 saturated carbocycles. The Morgan fingerprint density at radius 1 is 1.13 bits per heavy atom. The van der Waals surface area contributed by atoms with E-state index in [0.717, 1.165) is 36.2 Å². The summed E-state index contributed by atoms with van der Waals surface area (Å²) in [7, 11) is 1.78. The molecule has 0 radical (unpaired) electrons. The van der Waals surface area contributed by atoms with Crippen LogP contribution in [0, 0.1) is 11.8 Å². The highest BCUT2D eigenvalue weighted by molar-refractivity contribution is 6.05. The zero-order valence-electron chi connectivity index (χ0n) is 13.6. The summed E-state index contributed by atoms with van der Waals surface area (Å²) in [5.74, 6) is 1.48. The zero-order chi connectivity index (χ0) is 16.0. The van der Waals surface area contributed by atoms with Crippen molar-refractivity contribution in [3.05, 3.63) is 23.8 Å². The molecule has 1 aromatic rings. The number of aliphatic imine (C=N–C) groups is 1. The first kappa shape index (κ1) is 14.7. The van der Waals surface area contributed by atoms with Gasteiger partial charge in [-0.15, -0.1) is 0 Å². The van der Waals surface area contributed by atoms with Gasteiger partial charge in [0.05, 0.1) is 5.69 Å². The minimum absolute atomic E-state index is 0.159. The van der Waals surface area contributed by atoms with E-state index in [0.29, 0.717) is 0 Å². The third-order valence-corrected chi connectivity index (χ3v) is 5.62. The summed E-state index contributed by atoms with van der Waals surface area (Å²) in [5.41, 5.74) is 8.87. The summed E-state index contributed by atoms with van der Waals surface area (Å²) < 4.78 is 0. The van der Waals surface area contributed by atoms with Crippen LogP contribution in [0.5, 0.6) is 0 Å². The molecule has 1 aliphatic carbocycles. The maximum atomic E-state index is 12.2. The van der Waals surface area contributed by atoms with Crippen molar-refractivity contribution in [1.29, 1.82) is 0 Å². The molecule has 1 atom stereocenters. The average molecular weight is 312 g/mol. The lowest BCUT2D eigenvalue weighted by Crippen LogP contribution is -2.39. The van der Waals surface area contributed by atoms with E-state index in [9.17, 15) is 4.79 Å². The molecule has 122 valence electrons. The van der Waals surface area contributed by atoms with Gasteiger partial charge in [-0.25, -0.2) is 0 Å². The van der Waals surface area contributed by atoms with Crippen LogP contribution in [0.4, 0.5) is 11.4 Å².